The molecule has 0 aliphatic carbocycles. The van der Waals surface area contributed by atoms with E-state index in [-0.39, 0.29) is 38.3 Å². The Morgan fingerprint density at radius 3 is 1.88 bits per heavy atom. The van der Waals surface area contributed by atoms with Crippen LogP contribution < -0.4 is 60.2 Å². The zero-order valence-corrected chi connectivity index (χ0v) is 32.0. The van der Waals surface area contributed by atoms with E-state index in [0.29, 0.717) is 6.42 Å². The first-order valence-corrected chi connectivity index (χ1v) is 18.0. The van der Waals surface area contributed by atoms with Gasteiger partial charge in [-0.05, 0) is 52.9 Å². The molecular weight excluding hydrogens is 758 g/mol. The molecule has 17 N–H and O–H groups in total. The summed E-state index contributed by atoms with van der Waals surface area (Å²) in [6, 6.07) is -7.63. The van der Waals surface area contributed by atoms with Gasteiger partial charge in [0.25, 0.3) is 0 Å². The van der Waals surface area contributed by atoms with Crippen molar-refractivity contribution in [3.63, 3.8) is 0 Å². The van der Waals surface area contributed by atoms with Gasteiger partial charge >= 0.3 is 5.97 Å². The normalized spacial score (nSPS) is 16.5. The molecule has 9 amide bonds. The molecule has 7 atom stereocenters. The molecule has 1 aliphatic heterocycles. The fraction of sp³-hybridized carbons (Fsp3) is 0.656. The van der Waals surface area contributed by atoms with Crippen molar-refractivity contribution in [3.8, 4) is 0 Å². The zero-order chi connectivity index (χ0) is 43.4. The van der Waals surface area contributed by atoms with E-state index in [9.17, 15) is 58.2 Å². The number of aliphatic hydroxyl groups is 1. The highest BCUT2D eigenvalue weighted by atomic mass is 16.4. The van der Waals surface area contributed by atoms with E-state index < -0.39 is 134 Å². The van der Waals surface area contributed by atoms with E-state index in [2.05, 4.69) is 42.2 Å². The first-order chi connectivity index (χ1) is 26.6. The Balaban J connectivity index is 2.94. The SMILES string of the molecule is C[C@H](NC(=O)[C@H](CCCN=C(N)N)NC(=O)CNC(=O)[C@@H]1CCCN1C(=O)[C@@H](N)[C@@H](C)O)C(=O)N[C@@H](CCC(=O)O)C(=O)N[C@@H](C)C(=O)NCC(=O)NCC(N)=O. The number of hydrogen-bond acceptors (Lipinski definition) is 13. The molecule has 0 aromatic carbocycles. The number of carboxylic acids is 1. The van der Waals surface area contributed by atoms with E-state index in [1.54, 1.807) is 0 Å². The third kappa shape index (κ3) is 18.4. The first kappa shape index (κ1) is 48.9. The van der Waals surface area contributed by atoms with Crippen molar-refractivity contribution in [3.05, 3.63) is 0 Å². The Kier molecular flexibility index (Phi) is 20.9. The lowest BCUT2D eigenvalue weighted by Gasteiger charge is -2.27. The van der Waals surface area contributed by atoms with Crippen LogP contribution in [0, 0.1) is 0 Å². The van der Waals surface area contributed by atoms with Gasteiger partial charge in [-0.15, -0.1) is 0 Å². The van der Waals surface area contributed by atoms with Crippen molar-refractivity contribution < 1.29 is 58.2 Å². The lowest BCUT2D eigenvalue weighted by molar-refractivity contribution is -0.141. The van der Waals surface area contributed by atoms with Crippen LogP contribution in [0.5, 0.6) is 0 Å². The lowest BCUT2D eigenvalue weighted by atomic mass is 10.1. The van der Waals surface area contributed by atoms with Crippen LogP contribution in [0.3, 0.4) is 0 Å². The number of nitrogens with one attached hydrogen (secondary N) is 7. The van der Waals surface area contributed by atoms with E-state index in [4.69, 9.17) is 22.9 Å². The summed E-state index contributed by atoms with van der Waals surface area (Å²) in [4.78, 5) is 129. The number of primary amides is 1. The molecule has 0 aromatic heterocycles. The Labute approximate surface area is 327 Å². The molecule has 1 aliphatic rings. The fourth-order valence-corrected chi connectivity index (χ4v) is 5.16. The molecule has 0 saturated carbocycles. The van der Waals surface area contributed by atoms with Gasteiger partial charge in [0.2, 0.25) is 53.2 Å². The van der Waals surface area contributed by atoms with Gasteiger partial charge in [-0.2, -0.15) is 0 Å². The maximum Gasteiger partial charge on any atom is 0.303 e. The number of aliphatic hydroxyl groups excluding tert-OH is 1. The van der Waals surface area contributed by atoms with Crippen LogP contribution in [0.15, 0.2) is 4.99 Å². The average Bonchev–Trinajstić information content (AvgIpc) is 3.64. The molecule has 320 valence electrons. The molecule has 1 saturated heterocycles. The lowest BCUT2D eigenvalue weighted by Crippen LogP contribution is -2.58. The predicted octanol–water partition coefficient (Wildman–Crippen LogP) is -7.58. The van der Waals surface area contributed by atoms with Crippen LogP contribution in [-0.2, 0) is 47.9 Å². The van der Waals surface area contributed by atoms with Crippen LogP contribution in [0.2, 0.25) is 0 Å². The second-order valence-electron chi connectivity index (χ2n) is 13.2. The number of amides is 9. The summed E-state index contributed by atoms with van der Waals surface area (Å²) >= 11 is 0. The molecular formula is C32H55N13O12. The molecule has 25 nitrogen and oxygen atoms in total. The molecule has 0 aromatic rings. The number of carbonyl (C=O) groups is 10. The number of aliphatic imine (C=N–C) groups is 1. The third-order valence-electron chi connectivity index (χ3n) is 8.33. The Morgan fingerprint density at radius 1 is 0.737 bits per heavy atom. The molecule has 0 radical (unpaired) electrons. The summed E-state index contributed by atoms with van der Waals surface area (Å²) in [5, 5.41) is 35.2. The molecule has 0 bridgehead atoms. The topological polar surface area (TPSA) is 415 Å². The second kappa shape index (κ2) is 24.4. The molecule has 57 heavy (non-hydrogen) atoms. The largest absolute Gasteiger partial charge is 0.481 e. The number of rotatable bonds is 24. The van der Waals surface area contributed by atoms with Crippen LogP contribution in [0.1, 0.15) is 59.3 Å². The van der Waals surface area contributed by atoms with E-state index >= 15 is 0 Å². The number of carbonyl (C=O) groups excluding carboxylic acids is 9. The van der Waals surface area contributed by atoms with Crippen LogP contribution in [0.4, 0.5) is 0 Å². The van der Waals surface area contributed by atoms with E-state index in [0.717, 1.165) is 0 Å². The minimum Gasteiger partial charge on any atom is -0.481 e. The summed E-state index contributed by atoms with van der Waals surface area (Å²) in [6.45, 7) is 2.49. The number of hydrogen-bond donors (Lipinski definition) is 13. The Bertz CT molecular complexity index is 1520. The summed E-state index contributed by atoms with van der Waals surface area (Å²) in [6.07, 6.45) is -1.26. The number of guanidine groups is 1. The van der Waals surface area contributed by atoms with Crippen molar-refractivity contribution in [2.75, 3.05) is 32.7 Å². The predicted molar refractivity (Wildman–Crippen MR) is 198 cm³/mol. The summed E-state index contributed by atoms with van der Waals surface area (Å²) in [7, 11) is 0. The van der Waals surface area contributed by atoms with Gasteiger partial charge in [0, 0.05) is 19.5 Å². The first-order valence-electron chi connectivity index (χ1n) is 18.0. The van der Waals surface area contributed by atoms with Gasteiger partial charge in [-0.1, -0.05) is 0 Å². The summed E-state index contributed by atoms with van der Waals surface area (Å²) < 4.78 is 0. The molecule has 1 heterocycles. The van der Waals surface area contributed by atoms with Crippen molar-refractivity contribution in [1.82, 2.24) is 42.1 Å². The van der Waals surface area contributed by atoms with E-state index in [1.807, 2.05) is 0 Å². The minimum absolute atomic E-state index is 0.0465. The number of carboxylic acid groups (broad SMARTS) is 1. The Hall–Kier alpha value is -6.11. The van der Waals surface area contributed by atoms with Gasteiger partial charge in [0.05, 0.1) is 25.7 Å². The molecule has 25 heteroatoms. The van der Waals surface area contributed by atoms with Crippen LogP contribution in [-0.4, -0.2) is 155 Å². The van der Waals surface area contributed by atoms with Gasteiger partial charge in [-0.3, -0.25) is 52.9 Å². The van der Waals surface area contributed by atoms with Crippen molar-refractivity contribution in [2.24, 2.45) is 27.9 Å². The summed E-state index contributed by atoms with van der Waals surface area (Å²) in [5.74, 6) is -8.78. The van der Waals surface area contributed by atoms with Gasteiger partial charge in [0.15, 0.2) is 5.96 Å². The zero-order valence-electron chi connectivity index (χ0n) is 32.0. The van der Waals surface area contributed by atoms with Crippen molar-refractivity contribution in [2.45, 2.75) is 102 Å². The van der Waals surface area contributed by atoms with Crippen molar-refractivity contribution >= 4 is 65.1 Å². The van der Waals surface area contributed by atoms with Crippen molar-refractivity contribution in [1.29, 1.82) is 0 Å². The van der Waals surface area contributed by atoms with Gasteiger partial charge in [-0.25, -0.2) is 0 Å². The second-order valence-corrected chi connectivity index (χ2v) is 13.2. The van der Waals surface area contributed by atoms with E-state index in [1.165, 1.54) is 25.7 Å². The van der Waals surface area contributed by atoms with Crippen LogP contribution >= 0.6 is 0 Å². The Morgan fingerprint density at radius 2 is 1.32 bits per heavy atom. The molecule has 0 spiro atoms. The van der Waals surface area contributed by atoms with Gasteiger partial charge < -0.3 is 75.3 Å². The smallest absolute Gasteiger partial charge is 0.303 e. The maximum atomic E-state index is 13.3. The monoisotopic (exact) mass is 813 g/mol. The maximum absolute atomic E-state index is 13.3. The molecule has 1 fully saturated rings. The number of nitrogens with zero attached hydrogens (tertiary/aromatic N) is 2. The number of likely N-dealkylation sites (tertiary alicyclic amines) is 1. The molecule has 0 unspecified atom stereocenters. The minimum atomic E-state index is -1.50. The third-order valence-corrected chi connectivity index (χ3v) is 8.33. The standard InChI is InChI=1S/C32H55N13O12/c1-15(26(52)39-13-22(48)38-12-21(33)47)41-29(55)19(8-9-24(50)51)44-27(53)16(2)42-28(54)18(6-4-10-37-32(35)36)43-23(49)14-40-30(56)20-7-5-11-45(20)31(57)25(34)17(3)46/h15-20,25,46H,4-14,34H2,1-3H3,(H2,33,47)(H,38,48)(H,39,52)(H,40,56)(H,41,55)(H,42,54)(H,43,49)(H,44,53)(H,50,51)(H4,35,36,37)/t15-,16-,17+,18-,19-,20-,25-/m0/s1. The molecule has 1 rings (SSSR count). The number of aliphatic carboxylic acids is 1. The van der Waals surface area contributed by atoms with Gasteiger partial charge in [0.1, 0.15) is 36.3 Å². The highest BCUT2D eigenvalue weighted by Gasteiger charge is 2.37. The average molecular weight is 814 g/mol. The van der Waals surface area contributed by atoms with Crippen LogP contribution in [0.25, 0.3) is 0 Å². The fourth-order valence-electron chi connectivity index (χ4n) is 5.16. The highest BCUT2D eigenvalue weighted by Crippen LogP contribution is 2.19. The highest BCUT2D eigenvalue weighted by molar-refractivity contribution is 5.97. The quantitative estimate of drug-likeness (QED) is 0.0245. The summed E-state index contributed by atoms with van der Waals surface area (Å²) in [5.41, 5.74) is 21.4. The number of nitrogens with two attached hydrogens (primary N) is 4.